The first-order chi connectivity index (χ1) is 9.56. The standard InChI is InChI=1S/C12H11F2N3O2S/c13-7-1-2-8(9(14)5-7)11(19)16-6-10(18)17-12-15-3-4-20-12/h1-2,5H,3-4,6H2,(H,16,19)(H,15,17,18). The van der Waals surface area contributed by atoms with Crippen molar-refractivity contribution in [3.05, 3.63) is 35.4 Å². The van der Waals surface area contributed by atoms with E-state index in [4.69, 9.17) is 0 Å². The number of thioether (sulfide) groups is 1. The molecular weight excluding hydrogens is 288 g/mol. The Labute approximate surface area is 117 Å². The number of halogens is 2. The molecule has 1 aliphatic rings. The predicted molar refractivity (Wildman–Crippen MR) is 71.6 cm³/mol. The molecular formula is C12H11F2N3O2S. The van der Waals surface area contributed by atoms with Gasteiger partial charge in [-0.05, 0) is 12.1 Å². The second kappa shape index (κ2) is 6.47. The van der Waals surface area contributed by atoms with Gasteiger partial charge in [0.2, 0.25) is 5.91 Å². The molecule has 8 heteroatoms. The van der Waals surface area contributed by atoms with Crippen LogP contribution in [0, 0.1) is 11.6 Å². The molecule has 0 fully saturated rings. The zero-order valence-electron chi connectivity index (χ0n) is 10.3. The predicted octanol–water partition coefficient (Wildman–Crippen LogP) is 0.914. The van der Waals surface area contributed by atoms with E-state index in [0.29, 0.717) is 17.8 Å². The third kappa shape index (κ3) is 3.77. The van der Waals surface area contributed by atoms with E-state index in [1.165, 1.54) is 11.8 Å². The summed E-state index contributed by atoms with van der Waals surface area (Å²) in [5.41, 5.74) is -0.313. The highest BCUT2D eigenvalue weighted by molar-refractivity contribution is 8.14. The van der Waals surface area contributed by atoms with Crippen molar-refractivity contribution in [2.45, 2.75) is 0 Å². The molecule has 0 saturated heterocycles. The van der Waals surface area contributed by atoms with Crippen molar-refractivity contribution in [3.8, 4) is 0 Å². The van der Waals surface area contributed by atoms with Crippen LogP contribution < -0.4 is 10.6 Å². The second-order valence-corrected chi connectivity index (χ2v) is 4.97. The average molecular weight is 299 g/mol. The van der Waals surface area contributed by atoms with Crippen LogP contribution in [0.15, 0.2) is 23.2 Å². The van der Waals surface area contributed by atoms with Gasteiger partial charge in [0.05, 0.1) is 18.7 Å². The molecule has 2 amide bonds. The van der Waals surface area contributed by atoms with Crippen molar-refractivity contribution in [2.24, 2.45) is 4.99 Å². The highest BCUT2D eigenvalue weighted by Gasteiger charge is 2.15. The summed E-state index contributed by atoms with van der Waals surface area (Å²) in [4.78, 5) is 27.1. The molecule has 0 atom stereocenters. The van der Waals surface area contributed by atoms with Gasteiger partial charge < -0.3 is 10.6 Å². The van der Waals surface area contributed by atoms with Crippen LogP contribution in [0.4, 0.5) is 8.78 Å². The van der Waals surface area contributed by atoms with Crippen molar-refractivity contribution in [3.63, 3.8) is 0 Å². The summed E-state index contributed by atoms with van der Waals surface area (Å²) < 4.78 is 26.0. The minimum Gasteiger partial charge on any atom is -0.343 e. The number of hydrogen-bond acceptors (Lipinski definition) is 4. The normalized spacial score (nSPS) is 13.8. The van der Waals surface area contributed by atoms with E-state index >= 15 is 0 Å². The summed E-state index contributed by atoms with van der Waals surface area (Å²) in [6, 6.07) is 2.61. The fraction of sp³-hybridized carbons (Fsp3) is 0.250. The van der Waals surface area contributed by atoms with Gasteiger partial charge in [-0.25, -0.2) is 8.78 Å². The van der Waals surface area contributed by atoms with Crippen molar-refractivity contribution >= 4 is 28.7 Å². The van der Waals surface area contributed by atoms with Gasteiger partial charge in [-0.3, -0.25) is 14.6 Å². The van der Waals surface area contributed by atoms with Gasteiger partial charge in [0.25, 0.3) is 5.91 Å². The van der Waals surface area contributed by atoms with Gasteiger partial charge in [-0.2, -0.15) is 0 Å². The van der Waals surface area contributed by atoms with Gasteiger partial charge >= 0.3 is 0 Å². The number of nitrogens with one attached hydrogen (secondary N) is 2. The van der Waals surface area contributed by atoms with Crippen LogP contribution in [0.2, 0.25) is 0 Å². The quantitative estimate of drug-likeness (QED) is 0.871. The maximum Gasteiger partial charge on any atom is 0.254 e. The van der Waals surface area contributed by atoms with Crippen molar-refractivity contribution in [1.29, 1.82) is 0 Å². The minimum atomic E-state index is -0.973. The number of nitrogens with zero attached hydrogens (tertiary/aromatic N) is 1. The molecule has 1 heterocycles. The molecule has 106 valence electrons. The molecule has 0 bridgehead atoms. The van der Waals surface area contributed by atoms with Crippen LogP contribution in [0.5, 0.6) is 0 Å². The first-order valence-corrected chi connectivity index (χ1v) is 6.75. The highest BCUT2D eigenvalue weighted by Crippen LogP contribution is 2.09. The summed E-state index contributed by atoms with van der Waals surface area (Å²) in [7, 11) is 0. The lowest BCUT2D eigenvalue weighted by Crippen LogP contribution is -2.38. The number of amides is 2. The molecule has 0 unspecified atom stereocenters. The number of rotatable bonds is 3. The van der Waals surface area contributed by atoms with Gasteiger partial charge in [0.15, 0.2) is 5.17 Å². The average Bonchev–Trinajstić information content (AvgIpc) is 2.89. The largest absolute Gasteiger partial charge is 0.343 e. The summed E-state index contributed by atoms with van der Waals surface area (Å²) in [6.07, 6.45) is 0. The maximum atomic E-state index is 13.3. The lowest BCUT2D eigenvalue weighted by Gasteiger charge is -2.07. The zero-order chi connectivity index (χ0) is 14.5. The summed E-state index contributed by atoms with van der Waals surface area (Å²) in [5, 5.41) is 5.28. The van der Waals surface area contributed by atoms with Crippen LogP contribution in [0.1, 0.15) is 10.4 Å². The van der Waals surface area contributed by atoms with Crippen LogP contribution in [-0.4, -0.2) is 35.8 Å². The topological polar surface area (TPSA) is 70.6 Å². The van der Waals surface area contributed by atoms with E-state index in [9.17, 15) is 18.4 Å². The van der Waals surface area contributed by atoms with Crippen LogP contribution in [0.3, 0.4) is 0 Å². The van der Waals surface area contributed by atoms with E-state index in [0.717, 1.165) is 17.9 Å². The fourth-order valence-electron chi connectivity index (χ4n) is 1.50. The third-order valence-electron chi connectivity index (χ3n) is 2.42. The highest BCUT2D eigenvalue weighted by atomic mass is 32.2. The Bertz CT molecular complexity index is 578. The van der Waals surface area contributed by atoms with Gasteiger partial charge in [0, 0.05) is 11.8 Å². The zero-order valence-corrected chi connectivity index (χ0v) is 11.1. The smallest absolute Gasteiger partial charge is 0.254 e. The summed E-state index contributed by atoms with van der Waals surface area (Å²) in [5.74, 6) is -2.16. The molecule has 5 nitrogen and oxygen atoms in total. The van der Waals surface area contributed by atoms with Gasteiger partial charge in [0.1, 0.15) is 11.6 Å². The molecule has 20 heavy (non-hydrogen) atoms. The number of hydrogen-bond donors (Lipinski definition) is 2. The summed E-state index contributed by atoms with van der Waals surface area (Å²) >= 11 is 1.41. The molecule has 0 aromatic heterocycles. The maximum absolute atomic E-state index is 13.3. The minimum absolute atomic E-state index is 0.310. The van der Waals surface area contributed by atoms with E-state index in [2.05, 4.69) is 15.6 Å². The van der Waals surface area contributed by atoms with Crippen LogP contribution >= 0.6 is 11.8 Å². The second-order valence-electron chi connectivity index (χ2n) is 3.89. The van der Waals surface area contributed by atoms with E-state index in [-0.39, 0.29) is 12.1 Å². The first-order valence-electron chi connectivity index (χ1n) is 5.76. The van der Waals surface area contributed by atoms with Gasteiger partial charge in [-0.15, -0.1) is 0 Å². The number of carbonyl (C=O) groups is 2. The van der Waals surface area contributed by atoms with Gasteiger partial charge in [-0.1, -0.05) is 11.8 Å². The van der Waals surface area contributed by atoms with Crippen LogP contribution in [-0.2, 0) is 4.79 Å². The Balaban J connectivity index is 1.86. The monoisotopic (exact) mass is 299 g/mol. The Morgan fingerprint density at radius 2 is 2.15 bits per heavy atom. The van der Waals surface area contributed by atoms with Crippen molar-refractivity contribution < 1.29 is 18.4 Å². The third-order valence-corrected chi connectivity index (χ3v) is 3.31. The first kappa shape index (κ1) is 14.4. The molecule has 2 N–H and O–H groups in total. The summed E-state index contributed by atoms with van der Waals surface area (Å²) in [6.45, 7) is 0.336. The number of benzene rings is 1. The van der Waals surface area contributed by atoms with Crippen molar-refractivity contribution in [1.82, 2.24) is 10.6 Å². The molecule has 0 radical (unpaired) electrons. The lowest BCUT2D eigenvalue weighted by molar-refractivity contribution is -0.118. The molecule has 0 spiro atoms. The Morgan fingerprint density at radius 1 is 1.35 bits per heavy atom. The Hall–Kier alpha value is -1.96. The SMILES string of the molecule is O=C(CNC(=O)c1ccc(F)cc1F)NC1=NCCS1. The van der Waals surface area contributed by atoms with E-state index in [1.54, 1.807) is 0 Å². The Morgan fingerprint density at radius 3 is 2.80 bits per heavy atom. The molecule has 1 aliphatic heterocycles. The van der Waals surface area contributed by atoms with Crippen molar-refractivity contribution in [2.75, 3.05) is 18.8 Å². The molecule has 2 rings (SSSR count). The number of aliphatic imine (C=N–C) groups is 1. The molecule has 0 saturated carbocycles. The lowest BCUT2D eigenvalue weighted by atomic mass is 10.2. The van der Waals surface area contributed by atoms with Crippen LogP contribution in [0.25, 0.3) is 0 Å². The molecule has 1 aromatic rings. The molecule has 1 aromatic carbocycles. The fourth-order valence-corrected chi connectivity index (χ4v) is 2.25. The Kier molecular flexibility index (Phi) is 4.67. The number of carbonyl (C=O) groups excluding carboxylic acids is 2. The van der Waals surface area contributed by atoms with E-state index in [1.807, 2.05) is 0 Å². The van der Waals surface area contributed by atoms with E-state index < -0.39 is 23.4 Å². The number of amidine groups is 1. The molecule has 0 aliphatic carbocycles.